The third kappa shape index (κ3) is 5.01. The van der Waals surface area contributed by atoms with Crippen LogP contribution in [0.25, 0.3) is 0 Å². The minimum Gasteiger partial charge on any atom is -0.299 e. The summed E-state index contributed by atoms with van der Waals surface area (Å²) in [5.74, 6) is -0.358. The highest BCUT2D eigenvalue weighted by Crippen LogP contribution is 2.20. The molecule has 0 aromatic heterocycles. The Morgan fingerprint density at radius 2 is 2.11 bits per heavy atom. The number of Topliss-reactive ketones (excluding diaryl/α,β-unsaturated/α-hetero) is 1. The van der Waals surface area contributed by atoms with Crippen molar-refractivity contribution < 1.29 is 9.18 Å². The van der Waals surface area contributed by atoms with Crippen molar-refractivity contribution in [2.45, 2.75) is 38.5 Å². The fourth-order valence-electron chi connectivity index (χ4n) is 1.77. The van der Waals surface area contributed by atoms with Crippen LogP contribution in [0, 0.1) is 5.82 Å². The van der Waals surface area contributed by atoms with Crippen LogP contribution in [0.5, 0.6) is 0 Å². The predicted octanol–water partition coefficient (Wildman–Crippen LogP) is 4.73. The Morgan fingerprint density at radius 1 is 1.33 bits per heavy atom. The van der Waals surface area contributed by atoms with Crippen molar-refractivity contribution in [1.82, 2.24) is 0 Å². The van der Waals surface area contributed by atoms with Gasteiger partial charge >= 0.3 is 0 Å². The zero-order valence-corrected chi connectivity index (χ0v) is 11.2. The van der Waals surface area contributed by atoms with E-state index in [0.29, 0.717) is 17.0 Å². The SMILES string of the molecule is C=CCCCCCC(=O)Cc1c(F)cccc1Cl. The van der Waals surface area contributed by atoms with E-state index < -0.39 is 5.82 Å². The maximum absolute atomic E-state index is 13.5. The number of carbonyl (C=O) groups is 1. The van der Waals surface area contributed by atoms with E-state index in [-0.39, 0.29) is 12.2 Å². The van der Waals surface area contributed by atoms with Crippen LogP contribution < -0.4 is 0 Å². The monoisotopic (exact) mass is 268 g/mol. The molecule has 0 spiro atoms. The summed E-state index contributed by atoms with van der Waals surface area (Å²) >= 11 is 5.87. The average Bonchev–Trinajstić information content (AvgIpc) is 2.34. The minimum atomic E-state index is -0.400. The molecule has 0 radical (unpaired) electrons. The summed E-state index contributed by atoms with van der Waals surface area (Å²) < 4.78 is 13.5. The summed E-state index contributed by atoms with van der Waals surface area (Å²) in [5.41, 5.74) is 0.315. The van der Waals surface area contributed by atoms with E-state index in [2.05, 4.69) is 6.58 Å². The molecular formula is C15H18ClFO. The van der Waals surface area contributed by atoms with Gasteiger partial charge < -0.3 is 0 Å². The van der Waals surface area contributed by atoms with Gasteiger partial charge in [-0.3, -0.25) is 4.79 Å². The second-order valence-electron chi connectivity index (χ2n) is 4.30. The number of benzene rings is 1. The van der Waals surface area contributed by atoms with Crippen LogP contribution in [0.3, 0.4) is 0 Å². The number of rotatable bonds is 8. The summed E-state index contributed by atoms with van der Waals surface area (Å²) in [7, 11) is 0. The first-order valence-corrected chi connectivity index (χ1v) is 6.58. The molecule has 1 rings (SSSR count). The van der Waals surface area contributed by atoms with Crippen molar-refractivity contribution in [1.29, 1.82) is 0 Å². The Morgan fingerprint density at radius 3 is 2.78 bits per heavy atom. The third-order valence-corrected chi connectivity index (χ3v) is 3.15. The van der Waals surface area contributed by atoms with Crippen LogP contribution in [0.2, 0.25) is 5.02 Å². The van der Waals surface area contributed by atoms with Gasteiger partial charge in [-0.15, -0.1) is 6.58 Å². The fourth-order valence-corrected chi connectivity index (χ4v) is 2.00. The molecule has 3 heteroatoms. The van der Waals surface area contributed by atoms with Crippen LogP contribution in [-0.2, 0) is 11.2 Å². The molecule has 0 unspecified atom stereocenters. The first kappa shape index (κ1) is 14.9. The van der Waals surface area contributed by atoms with Gasteiger partial charge in [0, 0.05) is 23.4 Å². The van der Waals surface area contributed by atoms with Crippen molar-refractivity contribution in [3.05, 3.63) is 47.3 Å². The number of ketones is 1. The normalized spacial score (nSPS) is 10.3. The van der Waals surface area contributed by atoms with Gasteiger partial charge in [-0.25, -0.2) is 4.39 Å². The summed E-state index contributed by atoms with van der Waals surface area (Å²) in [5, 5.41) is 0.329. The van der Waals surface area contributed by atoms with Crippen molar-refractivity contribution in [3.63, 3.8) is 0 Å². The van der Waals surface area contributed by atoms with Crippen LogP contribution >= 0.6 is 11.6 Å². The lowest BCUT2D eigenvalue weighted by Gasteiger charge is -2.05. The van der Waals surface area contributed by atoms with Crippen molar-refractivity contribution in [2.24, 2.45) is 0 Å². The number of halogens is 2. The van der Waals surface area contributed by atoms with E-state index in [1.54, 1.807) is 12.1 Å². The molecule has 0 amide bonds. The Bertz CT molecular complexity index is 395. The van der Waals surface area contributed by atoms with E-state index in [1.807, 2.05) is 6.08 Å². The molecule has 1 aromatic carbocycles. The number of hydrogen-bond donors (Lipinski definition) is 0. The molecule has 0 atom stereocenters. The number of allylic oxidation sites excluding steroid dienone is 1. The van der Waals surface area contributed by atoms with Gasteiger partial charge in [0.25, 0.3) is 0 Å². The lowest BCUT2D eigenvalue weighted by atomic mass is 10.0. The zero-order valence-electron chi connectivity index (χ0n) is 10.4. The molecule has 0 heterocycles. The first-order chi connectivity index (χ1) is 8.65. The second kappa shape index (κ2) is 8.04. The number of unbranched alkanes of at least 4 members (excludes halogenated alkanes) is 3. The van der Waals surface area contributed by atoms with Crippen molar-refractivity contribution in [3.8, 4) is 0 Å². The molecule has 0 saturated heterocycles. The van der Waals surface area contributed by atoms with Gasteiger partial charge in [-0.1, -0.05) is 30.2 Å². The average molecular weight is 269 g/mol. The van der Waals surface area contributed by atoms with Gasteiger partial charge in [-0.05, 0) is 31.4 Å². The van der Waals surface area contributed by atoms with Crippen LogP contribution in [-0.4, -0.2) is 5.78 Å². The topological polar surface area (TPSA) is 17.1 Å². The Hall–Kier alpha value is -1.15. The lowest BCUT2D eigenvalue weighted by molar-refractivity contribution is -0.118. The van der Waals surface area contributed by atoms with E-state index in [1.165, 1.54) is 6.07 Å². The largest absolute Gasteiger partial charge is 0.299 e. The summed E-state index contributed by atoms with van der Waals surface area (Å²) in [6.07, 6.45) is 6.34. The molecule has 0 bridgehead atoms. The first-order valence-electron chi connectivity index (χ1n) is 6.20. The molecule has 0 aliphatic carbocycles. The smallest absolute Gasteiger partial charge is 0.137 e. The maximum Gasteiger partial charge on any atom is 0.137 e. The molecule has 0 aliphatic rings. The van der Waals surface area contributed by atoms with Gasteiger partial charge in [0.2, 0.25) is 0 Å². The highest BCUT2D eigenvalue weighted by molar-refractivity contribution is 6.31. The molecule has 98 valence electrons. The second-order valence-corrected chi connectivity index (χ2v) is 4.71. The molecular weight excluding hydrogens is 251 g/mol. The van der Waals surface area contributed by atoms with E-state index in [9.17, 15) is 9.18 Å². The van der Waals surface area contributed by atoms with Gasteiger partial charge in [0.15, 0.2) is 0 Å². The van der Waals surface area contributed by atoms with Crippen LogP contribution in [0.1, 0.15) is 37.7 Å². The summed E-state index contributed by atoms with van der Waals surface area (Å²) in [6, 6.07) is 4.48. The Labute approximate surface area is 113 Å². The Kier molecular flexibility index (Phi) is 6.66. The summed E-state index contributed by atoms with van der Waals surface area (Å²) in [4.78, 5) is 11.7. The highest BCUT2D eigenvalue weighted by Gasteiger charge is 2.11. The van der Waals surface area contributed by atoms with E-state index in [4.69, 9.17) is 11.6 Å². The van der Waals surface area contributed by atoms with E-state index >= 15 is 0 Å². The third-order valence-electron chi connectivity index (χ3n) is 2.80. The van der Waals surface area contributed by atoms with Crippen molar-refractivity contribution >= 4 is 17.4 Å². The van der Waals surface area contributed by atoms with Gasteiger partial charge in [0.05, 0.1) is 0 Å². The number of carbonyl (C=O) groups excluding carboxylic acids is 1. The molecule has 0 fully saturated rings. The minimum absolute atomic E-state index is 0.0422. The Balaban J connectivity index is 2.38. The predicted molar refractivity (Wildman–Crippen MR) is 73.4 cm³/mol. The van der Waals surface area contributed by atoms with Gasteiger partial charge in [-0.2, -0.15) is 0 Å². The summed E-state index contributed by atoms with van der Waals surface area (Å²) in [6.45, 7) is 3.65. The maximum atomic E-state index is 13.5. The molecule has 0 N–H and O–H groups in total. The molecule has 1 nitrogen and oxygen atoms in total. The zero-order chi connectivity index (χ0) is 13.4. The molecule has 18 heavy (non-hydrogen) atoms. The van der Waals surface area contributed by atoms with Crippen LogP contribution in [0.4, 0.5) is 4.39 Å². The van der Waals surface area contributed by atoms with E-state index in [0.717, 1.165) is 25.7 Å². The molecule has 0 saturated carbocycles. The number of hydrogen-bond acceptors (Lipinski definition) is 1. The molecule has 1 aromatic rings. The quantitative estimate of drug-likeness (QED) is 0.492. The van der Waals surface area contributed by atoms with Gasteiger partial charge in [0.1, 0.15) is 11.6 Å². The standard InChI is InChI=1S/C15H18ClFO/c1-2-3-4-5-6-8-12(18)11-13-14(16)9-7-10-15(13)17/h2,7,9-10H,1,3-6,8,11H2. The fraction of sp³-hybridized carbons (Fsp3) is 0.400. The molecule has 0 aliphatic heterocycles. The lowest BCUT2D eigenvalue weighted by Crippen LogP contribution is -2.05. The van der Waals surface area contributed by atoms with Crippen molar-refractivity contribution in [2.75, 3.05) is 0 Å². The highest BCUT2D eigenvalue weighted by atomic mass is 35.5. The van der Waals surface area contributed by atoms with Crippen LogP contribution in [0.15, 0.2) is 30.9 Å².